The number of primary amides is 1. The van der Waals surface area contributed by atoms with Crippen LogP contribution >= 0.6 is 0 Å². The quantitative estimate of drug-likeness (QED) is 0.473. The van der Waals surface area contributed by atoms with E-state index in [0.717, 1.165) is 38.4 Å². The van der Waals surface area contributed by atoms with Crippen LogP contribution in [0.3, 0.4) is 0 Å². The molecule has 39 heavy (non-hydrogen) atoms. The maximum Gasteiger partial charge on any atom is 0.249 e. The van der Waals surface area contributed by atoms with Crippen LogP contribution in [0.5, 0.6) is 0 Å². The van der Waals surface area contributed by atoms with E-state index in [9.17, 15) is 14.4 Å². The van der Waals surface area contributed by atoms with E-state index >= 15 is 0 Å². The van der Waals surface area contributed by atoms with E-state index in [1.807, 2.05) is 19.1 Å². The van der Waals surface area contributed by atoms with E-state index in [4.69, 9.17) is 19.9 Å². The molecule has 10 nitrogen and oxygen atoms in total. The second-order valence-electron chi connectivity index (χ2n) is 11.9. The Labute approximate surface area is 231 Å². The number of benzene rings is 1. The Morgan fingerprint density at radius 1 is 1.18 bits per heavy atom. The van der Waals surface area contributed by atoms with Crippen molar-refractivity contribution in [3.63, 3.8) is 0 Å². The Hall–Kier alpha value is -2.53. The number of hydrogen-bond donors (Lipinski definition) is 1. The van der Waals surface area contributed by atoms with Gasteiger partial charge in [-0.1, -0.05) is 20.8 Å². The number of piperazine rings is 1. The molecule has 3 aliphatic rings. The molecule has 216 valence electrons. The summed E-state index contributed by atoms with van der Waals surface area (Å²) in [5.41, 5.74) is 7.53. The molecule has 1 aromatic carbocycles. The third kappa shape index (κ3) is 6.62. The van der Waals surface area contributed by atoms with Crippen LogP contribution < -0.4 is 10.6 Å². The summed E-state index contributed by atoms with van der Waals surface area (Å²) in [5.74, 6) is -1.52. The summed E-state index contributed by atoms with van der Waals surface area (Å²) >= 11 is 0. The van der Waals surface area contributed by atoms with Gasteiger partial charge in [0, 0.05) is 57.7 Å². The summed E-state index contributed by atoms with van der Waals surface area (Å²) in [4.78, 5) is 46.1. The first-order valence-corrected chi connectivity index (χ1v) is 14.0. The van der Waals surface area contributed by atoms with Crippen molar-refractivity contribution >= 4 is 23.3 Å². The maximum absolute atomic E-state index is 14.3. The highest BCUT2D eigenvalue weighted by Crippen LogP contribution is 2.39. The molecule has 3 fully saturated rings. The van der Waals surface area contributed by atoms with Gasteiger partial charge in [-0.3, -0.25) is 19.3 Å². The van der Waals surface area contributed by atoms with Gasteiger partial charge < -0.3 is 29.7 Å². The summed E-state index contributed by atoms with van der Waals surface area (Å²) in [5, 5.41) is 0. The Morgan fingerprint density at radius 2 is 1.90 bits per heavy atom. The topological polar surface area (TPSA) is 115 Å². The second-order valence-corrected chi connectivity index (χ2v) is 11.9. The van der Waals surface area contributed by atoms with Crippen molar-refractivity contribution in [2.24, 2.45) is 11.1 Å². The molecule has 2 N–H and O–H groups in total. The van der Waals surface area contributed by atoms with Gasteiger partial charge in [-0.15, -0.1) is 0 Å². The number of anilines is 1. The summed E-state index contributed by atoms with van der Waals surface area (Å²) in [6, 6.07) is 4.95. The molecule has 4 rings (SSSR count). The number of nitrogens with zero attached hydrogens (tertiary/aromatic N) is 3. The minimum Gasteiger partial charge on any atom is -0.383 e. The standard InChI is InChI=1S/C29H44N4O6/c1-6-38-24-17-33(25-23(34)18-39-26(24)25)28(36)22(16-29(2,3)4)21-15-19(7-8-20(21)27(30)35)32-11-9-31(10-12-32)13-14-37-5/h7-8,15,22,24-26H,6,9-14,16-18H2,1-5H3,(H2,30,35)/t22-,24-,25+,26+/m0/s1. The number of fused-ring (bicyclic) bond motifs is 1. The SMILES string of the molecule is CCO[C@H]1CN(C(=O)[C@@H](CC(C)(C)C)c2cc(N3CCN(CCOC)CC3)ccc2C(N)=O)[C@@H]2C(=O)CO[C@H]12. The van der Waals surface area contributed by atoms with Gasteiger partial charge in [0.15, 0.2) is 5.78 Å². The number of Topliss-reactive ketones (excluding diaryl/α,β-unsaturated/α-hetero) is 1. The molecule has 0 aliphatic carbocycles. The van der Waals surface area contributed by atoms with Crippen LogP contribution in [-0.4, -0.2) is 112 Å². The fourth-order valence-corrected chi connectivity index (χ4v) is 6.05. The Kier molecular flexibility index (Phi) is 9.31. The van der Waals surface area contributed by atoms with Crippen molar-refractivity contribution in [3.8, 4) is 0 Å². The number of likely N-dealkylation sites (tertiary alicyclic amines) is 1. The molecule has 0 saturated carbocycles. The van der Waals surface area contributed by atoms with Crippen molar-refractivity contribution in [3.05, 3.63) is 29.3 Å². The molecule has 1 aromatic rings. The van der Waals surface area contributed by atoms with Crippen molar-refractivity contribution < 1.29 is 28.6 Å². The van der Waals surface area contributed by atoms with Crippen LogP contribution in [0.15, 0.2) is 18.2 Å². The first-order chi connectivity index (χ1) is 18.5. The van der Waals surface area contributed by atoms with E-state index in [2.05, 4.69) is 30.6 Å². The average Bonchev–Trinajstić information content (AvgIpc) is 3.46. The van der Waals surface area contributed by atoms with E-state index in [-0.39, 0.29) is 36.4 Å². The minimum absolute atomic E-state index is 0.0228. The number of hydrogen-bond acceptors (Lipinski definition) is 8. The molecule has 3 heterocycles. The predicted octanol–water partition coefficient (Wildman–Crippen LogP) is 1.66. The van der Waals surface area contributed by atoms with E-state index < -0.39 is 24.0 Å². The third-order valence-electron chi connectivity index (χ3n) is 7.94. The number of methoxy groups -OCH3 is 1. The lowest BCUT2D eigenvalue weighted by atomic mass is 9.79. The highest BCUT2D eigenvalue weighted by Gasteiger charge is 2.54. The van der Waals surface area contributed by atoms with Gasteiger partial charge in [-0.25, -0.2) is 0 Å². The molecular formula is C29H44N4O6. The lowest BCUT2D eigenvalue weighted by Crippen LogP contribution is -2.47. The highest BCUT2D eigenvalue weighted by atomic mass is 16.6. The average molecular weight is 545 g/mol. The molecule has 2 amide bonds. The van der Waals surface area contributed by atoms with Crippen molar-refractivity contribution in [2.75, 3.05) is 71.1 Å². The fourth-order valence-electron chi connectivity index (χ4n) is 6.05. The first kappa shape index (κ1) is 29.5. The van der Waals surface area contributed by atoms with Gasteiger partial charge in [0.05, 0.1) is 19.1 Å². The summed E-state index contributed by atoms with van der Waals surface area (Å²) in [7, 11) is 1.71. The lowest BCUT2D eigenvalue weighted by Gasteiger charge is -2.37. The Morgan fingerprint density at radius 3 is 2.51 bits per heavy atom. The number of amides is 2. The molecule has 0 spiro atoms. The van der Waals surface area contributed by atoms with Crippen LogP contribution in [0.1, 0.15) is 56.0 Å². The monoisotopic (exact) mass is 544 g/mol. The molecule has 10 heteroatoms. The van der Waals surface area contributed by atoms with Gasteiger partial charge in [-0.2, -0.15) is 0 Å². The summed E-state index contributed by atoms with van der Waals surface area (Å²) < 4.78 is 16.8. The van der Waals surface area contributed by atoms with Crippen LogP contribution in [-0.2, 0) is 23.8 Å². The van der Waals surface area contributed by atoms with Crippen LogP contribution in [0, 0.1) is 5.41 Å². The van der Waals surface area contributed by atoms with Crippen molar-refractivity contribution in [1.29, 1.82) is 0 Å². The zero-order valence-electron chi connectivity index (χ0n) is 24.0. The summed E-state index contributed by atoms with van der Waals surface area (Å²) in [6.07, 6.45) is -0.335. The predicted molar refractivity (Wildman–Crippen MR) is 148 cm³/mol. The zero-order valence-corrected chi connectivity index (χ0v) is 24.0. The molecule has 0 bridgehead atoms. The molecule has 3 saturated heterocycles. The van der Waals surface area contributed by atoms with E-state index in [1.165, 1.54) is 0 Å². The van der Waals surface area contributed by atoms with Crippen molar-refractivity contribution in [1.82, 2.24) is 9.80 Å². The normalized spacial score (nSPS) is 24.7. The zero-order chi connectivity index (χ0) is 28.3. The number of nitrogens with two attached hydrogens (primary N) is 1. The van der Waals surface area contributed by atoms with Gasteiger partial charge in [0.1, 0.15) is 24.9 Å². The lowest BCUT2D eigenvalue weighted by molar-refractivity contribution is -0.138. The second kappa shape index (κ2) is 12.3. The molecule has 3 aliphatic heterocycles. The molecule has 0 aromatic heterocycles. The smallest absolute Gasteiger partial charge is 0.249 e. The Bertz CT molecular complexity index is 1050. The van der Waals surface area contributed by atoms with Gasteiger partial charge in [-0.05, 0) is 42.5 Å². The van der Waals surface area contributed by atoms with E-state index in [0.29, 0.717) is 30.8 Å². The Balaban J connectivity index is 1.67. The largest absolute Gasteiger partial charge is 0.383 e. The van der Waals surface area contributed by atoms with Crippen LogP contribution in [0.2, 0.25) is 0 Å². The van der Waals surface area contributed by atoms with E-state index in [1.54, 1.807) is 18.1 Å². The summed E-state index contributed by atoms with van der Waals surface area (Å²) in [6.45, 7) is 13.9. The molecule has 4 atom stereocenters. The minimum atomic E-state index is -0.670. The van der Waals surface area contributed by atoms with Gasteiger partial charge in [0.2, 0.25) is 11.8 Å². The molecule has 0 unspecified atom stereocenters. The number of carbonyl (C=O) groups is 3. The maximum atomic E-state index is 14.3. The van der Waals surface area contributed by atoms with Gasteiger partial charge >= 0.3 is 0 Å². The molecule has 0 radical (unpaired) electrons. The fraction of sp³-hybridized carbons (Fsp3) is 0.690. The highest BCUT2D eigenvalue weighted by molar-refractivity contribution is 5.99. The van der Waals surface area contributed by atoms with Crippen LogP contribution in [0.4, 0.5) is 5.69 Å². The molecular weight excluding hydrogens is 500 g/mol. The van der Waals surface area contributed by atoms with Crippen LogP contribution in [0.25, 0.3) is 0 Å². The van der Waals surface area contributed by atoms with Gasteiger partial charge in [0.25, 0.3) is 0 Å². The number of ketones is 1. The number of carbonyl (C=O) groups excluding carboxylic acids is 3. The van der Waals surface area contributed by atoms with Crippen molar-refractivity contribution in [2.45, 2.75) is 58.3 Å². The third-order valence-corrected chi connectivity index (χ3v) is 7.94. The number of rotatable bonds is 10. The first-order valence-electron chi connectivity index (χ1n) is 14.0. The number of ether oxygens (including phenoxy) is 3.